The standard InChI is InChI=1S/C20H26N4O2/c1-15-21-13-18(19(25)22-15)20(26)23(2)17-9-6-11-24(14-17)12-10-16-7-4-3-5-8-16/h3-5,7-8,13,17H,6,9-12,14H2,1-2H3,(H,21,22,25). The molecule has 0 radical (unpaired) electrons. The topological polar surface area (TPSA) is 69.3 Å². The maximum absolute atomic E-state index is 12.7. The van der Waals surface area contributed by atoms with Gasteiger partial charge >= 0.3 is 0 Å². The molecular formula is C20H26N4O2. The van der Waals surface area contributed by atoms with Crippen molar-refractivity contribution >= 4 is 5.91 Å². The second-order valence-corrected chi connectivity index (χ2v) is 6.96. The van der Waals surface area contributed by atoms with E-state index in [1.165, 1.54) is 11.8 Å². The summed E-state index contributed by atoms with van der Waals surface area (Å²) in [5.74, 6) is 0.257. The molecule has 6 nitrogen and oxygen atoms in total. The van der Waals surface area contributed by atoms with Gasteiger partial charge in [0, 0.05) is 32.4 Å². The van der Waals surface area contributed by atoms with E-state index in [0.29, 0.717) is 5.82 Å². The minimum absolute atomic E-state index is 0.111. The molecule has 1 fully saturated rings. The van der Waals surface area contributed by atoms with Crippen molar-refractivity contribution in [3.8, 4) is 0 Å². The molecule has 1 saturated heterocycles. The molecular weight excluding hydrogens is 328 g/mol. The molecule has 1 aromatic carbocycles. The van der Waals surface area contributed by atoms with Crippen LogP contribution in [-0.4, -0.2) is 58.4 Å². The van der Waals surface area contributed by atoms with Crippen LogP contribution in [0.5, 0.6) is 0 Å². The van der Waals surface area contributed by atoms with Crippen LogP contribution in [0.15, 0.2) is 41.3 Å². The van der Waals surface area contributed by atoms with E-state index in [0.717, 1.165) is 38.9 Å². The fourth-order valence-corrected chi connectivity index (χ4v) is 3.47. The number of aryl methyl sites for hydroxylation is 1. The number of benzene rings is 1. The maximum atomic E-state index is 12.7. The molecule has 2 heterocycles. The lowest BCUT2D eigenvalue weighted by Gasteiger charge is -2.37. The number of nitrogens with one attached hydrogen (secondary N) is 1. The zero-order valence-electron chi connectivity index (χ0n) is 15.4. The highest BCUT2D eigenvalue weighted by molar-refractivity contribution is 5.93. The Morgan fingerprint density at radius 1 is 1.35 bits per heavy atom. The maximum Gasteiger partial charge on any atom is 0.263 e. The van der Waals surface area contributed by atoms with Crippen LogP contribution in [0.4, 0.5) is 0 Å². The van der Waals surface area contributed by atoms with Crippen LogP contribution in [0.2, 0.25) is 0 Å². The molecule has 0 bridgehead atoms. The van der Waals surface area contributed by atoms with Gasteiger partial charge in [0.2, 0.25) is 0 Å². The SMILES string of the molecule is Cc1ncc(C(=O)N(C)C2CCCN(CCc3ccccc3)C2)c(=O)[nH]1. The fourth-order valence-electron chi connectivity index (χ4n) is 3.47. The minimum Gasteiger partial charge on any atom is -0.337 e. The van der Waals surface area contributed by atoms with Crippen molar-refractivity contribution in [2.75, 3.05) is 26.7 Å². The van der Waals surface area contributed by atoms with Crippen molar-refractivity contribution in [2.45, 2.75) is 32.2 Å². The summed E-state index contributed by atoms with van der Waals surface area (Å²) in [7, 11) is 1.78. The third-order valence-electron chi connectivity index (χ3n) is 5.07. The molecule has 26 heavy (non-hydrogen) atoms. The smallest absolute Gasteiger partial charge is 0.263 e. The molecule has 138 valence electrons. The van der Waals surface area contributed by atoms with Gasteiger partial charge in [-0.3, -0.25) is 9.59 Å². The quantitative estimate of drug-likeness (QED) is 0.890. The Labute approximate surface area is 153 Å². The van der Waals surface area contributed by atoms with Crippen LogP contribution in [0, 0.1) is 6.92 Å². The molecule has 1 aliphatic rings. The predicted molar refractivity (Wildman–Crippen MR) is 101 cm³/mol. The number of hydrogen-bond acceptors (Lipinski definition) is 4. The number of H-pyrrole nitrogens is 1. The Morgan fingerprint density at radius 3 is 2.85 bits per heavy atom. The van der Waals surface area contributed by atoms with Crippen LogP contribution >= 0.6 is 0 Å². The third kappa shape index (κ3) is 4.38. The van der Waals surface area contributed by atoms with Gasteiger partial charge in [-0.2, -0.15) is 0 Å². The molecule has 0 spiro atoms. The number of piperidine rings is 1. The number of aromatic nitrogens is 2. The predicted octanol–water partition coefficient (Wildman–Crippen LogP) is 1.86. The average Bonchev–Trinajstić information content (AvgIpc) is 2.66. The van der Waals surface area contributed by atoms with E-state index in [4.69, 9.17) is 0 Å². The third-order valence-corrected chi connectivity index (χ3v) is 5.07. The summed E-state index contributed by atoms with van der Waals surface area (Å²) in [5, 5.41) is 0. The van der Waals surface area contributed by atoms with Crippen molar-refractivity contribution in [3.05, 3.63) is 63.8 Å². The molecule has 2 aromatic rings. The lowest BCUT2D eigenvalue weighted by atomic mass is 10.0. The molecule has 3 rings (SSSR count). The number of nitrogens with zero attached hydrogens (tertiary/aromatic N) is 3. The Hall–Kier alpha value is -2.47. The van der Waals surface area contributed by atoms with Crippen molar-refractivity contribution in [3.63, 3.8) is 0 Å². The Kier molecular flexibility index (Phi) is 5.83. The van der Waals surface area contributed by atoms with Gasteiger partial charge in [0.15, 0.2) is 0 Å². The summed E-state index contributed by atoms with van der Waals surface area (Å²) in [6, 6.07) is 10.6. The van der Waals surface area contributed by atoms with Crippen molar-refractivity contribution in [1.29, 1.82) is 0 Å². The Balaban J connectivity index is 1.61. The first-order valence-corrected chi connectivity index (χ1v) is 9.14. The molecule has 1 N–H and O–H groups in total. The van der Waals surface area contributed by atoms with E-state index in [2.05, 4.69) is 39.1 Å². The zero-order chi connectivity index (χ0) is 18.5. The molecule has 1 unspecified atom stereocenters. The van der Waals surface area contributed by atoms with Gasteiger partial charge in [-0.1, -0.05) is 30.3 Å². The second-order valence-electron chi connectivity index (χ2n) is 6.96. The zero-order valence-corrected chi connectivity index (χ0v) is 15.4. The molecule has 1 aliphatic heterocycles. The number of rotatable bonds is 5. The van der Waals surface area contributed by atoms with E-state index in [9.17, 15) is 9.59 Å². The van der Waals surface area contributed by atoms with Crippen LogP contribution in [-0.2, 0) is 6.42 Å². The van der Waals surface area contributed by atoms with Crippen LogP contribution < -0.4 is 5.56 Å². The van der Waals surface area contributed by atoms with E-state index in [1.54, 1.807) is 18.9 Å². The normalized spacial score (nSPS) is 17.8. The number of likely N-dealkylation sites (tertiary alicyclic amines) is 1. The van der Waals surface area contributed by atoms with E-state index >= 15 is 0 Å². The summed E-state index contributed by atoms with van der Waals surface area (Å²) in [5.41, 5.74) is 1.07. The lowest BCUT2D eigenvalue weighted by molar-refractivity contribution is 0.0617. The van der Waals surface area contributed by atoms with Gasteiger partial charge in [-0.25, -0.2) is 4.98 Å². The van der Waals surface area contributed by atoms with Gasteiger partial charge in [0.1, 0.15) is 11.4 Å². The van der Waals surface area contributed by atoms with Gasteiger partial charge < -0.3 is 14.8 Å². The van der Waals surface area contributed by atoms with Gasteiger partial charge in [-0.05, 0) is 38.3 Å². The number of likely N-dealkylation sites (N-methyl/N-ethyl adjacent to an activating group) is 1. The number of carbonyl (C=O) groups excluding carboxylic acids is 1. The molecule has 1 atom stereocenters. The van der Waals surface area contributed by atoms with Crippen LogP contribution in [0.3, 0.4) is 0 Å². The van der Waals surface area contributed by atoms with Crippen LogP contribution in [0.25, 0.3) is 0 Å². The van der Waals surface area contributed by atoms with Gasteiger partial charge in [0.25, 0.3) is 11.5 Å². The summed E-state index contributed by atoms with van der Waals surface area (Å²) >= 11 is 0. The highest BCUT2D eigenvalue weighted by Gasteiger charge is 2.27. The molecule has 1 aromatic heterocycles. The largest absolute Gasteiger partial charge is 0.337 e. The van der Waals surface area contributed by atoms with E-state index in [-0.39, 0.29) is 23.1 Å². The van der Waals surface area contributed by atoms with Crippen LogP contribution in [0.1, 0.15) is 34.6 Å². The number of amides is 1. The monoisotopic (exact) mass is 354 g/mol. The van der Waals surface area contributed by atoms with Crippen molar-refractivity contribution in [2.24, 2.45) is 0 Å². The van der Waals surface area contributed by atoms with E-state index in [1.807, 2.05) is 6.07 Å². The minimum atomic E-state index is -0.369. The Morgan fingerprint density at radius 2 is 2.12 bits per heavy atom. The highest BCUT2D eigenvalue weighted by atomic mass is 16.2. The Bertz CT molecular complexity index is 803. The molecule has 0 saturated carbocycles. The summed E-state index contributed by atoms with van der Waals surface area (Å²) < 4.78 is 0. The van der Waals surface area contributed by atoms with Gasteiger partial charge in [0.05, 0.1) is 0 Å². The lowest BCUT2D eigenvalue weighted by Crippen LogP contribution is -2.49. The fraction of sp³-hybridized carbons (Fsp3) is 0.450. The van der Waals surface area contributed by atoms with E-state index < -0.39 is 0 Å². The number of aromatic amines is 1. The average molecular weight is 354 g/mol. The summed E-state index contributed by atoms with van der Waals surface area (Å²) in [6.07, 6.45) is 4.40. The number of hydrogen-bond donors (Lipinski definition) is 1. The first-order chi connectivity index (χ1) is 12.5. The van der Waals surface area contributed by atoms with Crippen molar-refractivity contribution in [1.82, 2.24) is 19.8 Å². The molecule has 6 heteroatoms. The second kappa shape index (κ2) is 8.27. The summed E-state index contributed by atoms with van der Waals surface area (Å²) in [6.45, 7) is 4.57. The first-order valence-electron chi connectivity index (χ1n) is 9.14. The first kappa shape index (κ1) is 18.3. The van der Waals surface area contributed by atoms with Crippen molar-refractivity contribution < 1.29 is 4.79 Å². The number of carbonyl (C=O) groups is 1. The molecule has 0 aliphatic carbocycles. The summed E-state index contributed by atoms with van der Waals surface area (Å²) in [4.78, 5) is 35.5. The molecule has 1 amide bonds. The van der Waals surface area contributed by atoms with Gasteiger partial charge in [-0.15, -0.1) is 0 Å². The highest BCUT2D eigenvalue weighted by Crippen LogP contribution is 2.17.